The van der Waals surface area contributed by atoms with Gasteiger partial charge >= 0.3 is 0 Å². The second kappa shape index (κ2) is 6.99. The molecule has 1 aliphatic carbocycles. The summed E-state index contributed by atoms with van der Waals surface area (Å²) in [5.41, 5.74) is 4.16. The molecule has 2 aromatic rings. The molecule has 0 bridgehead atoms. The van der Waals surface area contributed by atoms with Crippen molar-refractivity contribution in [2.24, 2.45) is 0 Å². The van der Waals surface area contributed by atoms with Crippen molar-refractivity contribution in [1.82, 2.24) is 15.2 Å². The molecule has 2 aliphatic rings. The van der Waals surface area contributed by atoms with Crippen molar-refractivity contribution in [2.45, 2.75) is 38.5 Å². The molecule has 0 fully saturated rings. The molecule has 0 radical (unpaired) electrons. The first-order valence-electron chi connectivity index (χ1n) is 8.87. The Labute approximate surface area is 142 Å². The normalized spacial score (nSPS) is 16.7. The van der Waals surface area contributed by atoms with E-state index in [1.54, 1.807) is 11.8 Å². The maximum absolute atomic E-state index is 4.66. The summed E-state index contributed by atoms with van der Waals surface area (Å²) in [6.45, 7) is 1.82. The fourth-order valence-electron chi connectivity index (χ4n) is 3.54. The summed E-state index contributed by atoms with van der Waals surface area (Å²) in [4.78, 5) is 6.88. The molecule has 0 amide bonds. The number of nitrogens with zero attached hydrogens (tertiary/aromatic N) is 4. The largest absolute Gasteiger partial charge is 0.353 e. The van der Waals surface area contributed by atoms with Crippen LogP contribution in [0.3, 0.4) is 0 Å². The highest BCUT2D eigenvalue weighted by Gasteiger charge is 2.21. The van der Waals surface area contributed by atoms with Gasteiger partial charge in [0.1, 0.15) is 0 Å². The van der Waals surface area contributed by atoms with E-state index in [0.29, 0.717) is 5.95 Å². The number of nitrogens with one attached hydrogen (secondary N) is 1. The van der Waals surface area contributed by atoms with E-state index in [4.69, 9.17) is 0 Å². The molecule has 4 rings (SSSR count). The van der Waals surface area contributed by atoms with Gasteiger partial charge in [-0.3, -0.25) is 0 Å². The molecule has 1 aliphatic heterocycles. The van der Waals surface area contributed by atoms with Crippen molar-refractivity contribution >= 4 is 17.5 Å². The summed E-state index contributed by atoms with van der Waals surface area (Å²) in [7, 11) is 0. The van der Waals surface area contributed by atoms with Gasteiger partial charge in [-0.25, -0.2) is 0 Å². The number of fused-ring (bicyclic) bond motifs is 1. The number of aromatic nitrogens is 3. The van der Waals surface area contributed by atoms with Gasteiger partial charge < -0.3 is 10.2 Å². The van der Waals surface area contributed by atoms with Crippen LogP contribution in [0.4, 0.5) is 17.5 Å². The summed E-state index contributed by atoms with van der Waals surface area (Å²) in [6.07, 6.45) is 11.4. The van der Waals surface area contributed by atoms with E-state index >= 15 is 0 Å². The summed E-state index contributed by atoms with van der Waals surface area (Å²) >= 11 is 0. The fraction of sp³-hybridized carbons (Fsp3) is 0.421. The lowest BCUT2D eigenvalue weighted by Gasteiger charge is -2.18. The zero-order valence-electron chi connectivity index (χ0n) is 13.9. The minimum absolute atomic E-state index is 0.619. The number of hydrogen-bond donors (Lipinski definition) is 1. The Hall–Kier alpha value is -2.43. The standard InChI is InChI=1S/C19H23N5/c1-2-6-15(7-3-1)10-12-20-19-22-18(14-21-23-19)24-13-11-16-8-4-5-9-17(16)24/h4-6,8-9,14H,1-3,7,10-13H2,(H,20,22,23). The molecular formula is C19H23N5. The Balaban J connectivity index is 1.42. The molecule has 124 valence electrons. The lowest BCUT2D eigenvalue weighted by molar-refractivity contribution is 0.678. The van der Waals surface area contributed by atoms with Crippen LogP contribution in [-0.4, -0.2) is 28.3 Å². The van der Waals surface area contributed by atoms with Crippen LogP contribution >= 0.6 is 0 Å². The van der Waals surface area contributed by atoms with Gasteiger partial charge in [-0.15, -0.1) is 5.10 Å². The summed E-state index contributed by atoms with van der Waals surface area (Å²) in [5, 5.41) is 11.6. The van der Waals surface area contributed by atoms with Crippen molar-refractivity contribution in [3.05, 3.63) is 47.7 Å². The zero-order valence-corrected chi connectivity index (χ0v) is 13.9. The molecule has 0 unspecified atom stereocenters. The number of hydrogen-bond acceptors (Lipinski definition) is 5. The maximum Gasteiger partial charge on any atom is 0.244 e. The molecule has 0 saturated carbocycles. The lowest BCUT2D eigenvalue weighted by Crippen LogP contribution is -2.17. The van der Waals surface area contributed by atoms with Gasteiger partial charge in [0.2, 0.25) is 5.95 Å². The van der Waals surface area contributed by atoms with Crippen molar-refractivity contribution in [3.8, 4) is 0 Å². The molecule has 1 N–H and O–H groups in total. The molecular weight excluding hydrogens is 298 g/mol. The van der Waals surface area contributed by atoms with Gasteiger partial charge in [-0.05, 0) is 50.2 Å². The van der Waals surface area contributed by atoms with Crippen LogP contribution in [0, 0.1) is 0 Å². The number of allylic oxidation sites excluding steroid dienone is 1. The average molecular weight is 321 g/mol. The van der Waals surface area contributed by atoms with E-state index in [2.05, 4.69) is 55.7 Å². The smallest absolute Gasteiger partial charge is 0.244 e. The molecule has 0 saturated heterocycles. The van der Waals surface area contributed by atoms with E-state index in [9.17, 15) is 0 Å². The molecule has 0 spiro atoms. The van der Waals surface area contributed by atoms with Gasteiger partial charge in [0, 0.05) is 18.8 Å². The quantitative estimate of drug-likeness (QED) is 0.847. The van der Waals surface area contributed by atoms with E-state index in [-0.39, 0.29) is 0 Å². The van der Waals surface area contributed by atoms with Crippen LogP contribution in [0.5, 0.6) is 0 Å². The Morgan fingerprint density at radius 3 is 3.00 bits per heavy atom. The minimum atomic E-state index is 0.619. The van der Waals surface area contributed by atoms with Gasteiger partial charge in [0.15, 0.2) is 5.82 Å². The highest BCUT2D eigenvalue weighted by atomic mass is 15.3. The number of rotatable bonds is 5. The molecule has 1 aromatic carbocycles. The first-order chi connectivity index (χ1) is 11.9. The predicted molar refractivity (Wildman–Crippen MR) is 96.6 cm³/mol. The van der Waals surface area contributed by atoms with Gasteiger partial charge in [-0.2, -0.15) is 10.1 Å². The van der Waals surface area contributed by atoms with Crippen molar-refractivity contribution < 1.29 is 0 Å². The van der Waals surface area contributed by atoms with Crippen molar-refractivity contribution in [3.63, 3.8) is 0 Å². The van der Waals surface area contributed by atoms with E-state index in [1.807, 2.05) is 0 Å². The Morgan fingerprint density at radius 1 is 1.12 bits per heavy atom. The topological polar surface area (TPSA) is 53.9 Å². The SMILES string of the molecule is C1=C(CCNc2nncc(N3CCc4ccccc43)n2)CCCC1. The van der Waals surface area contributed by atoms with Gasteiger partial charge in [0.05, 0.1) is 6.20 Å². The van der Waals surface area contributed by atoms with E-state index in [1.165, 1.54) is 36.9 Å². The fourth-order valence-corrected chi connectivity index (χ4v) is 3.54. The Bertz CT molecular complexity index is 740. The number of benzene rings is 1. The number of para-hydroxylation sites is 1. The number of anilines is 3. The highest BCUT2D eigenvalue weighted by Crippen LogP contribution is 2.32. The van der Waals surface area contributed by atoms with Crippen LogP contribution in [0.1, 0.15) is 37.7 Å². The maximum atomic E-state index is 4.66. The van der Waals surface area contributed by atoms with E-state index < -0.39 is 0 Å². The molecule has 0 atom stereocenters. The predicted octanol–water partition coefficient (Wildman–Crippen LogP) is 3.87. The minimum Gasteiger partial charge on any atom is -0.353 e. The van der Waals surface area contributed by atoms with Gasteiger partial charge in [0.25, 0.3) is 0 Å². The molecule has 24 heavy (non-hydrogen) atoms. The summed E-state index contributed by atoms with van der Waals surface area (Å²) < 4.78 is 0. The average Bonchev–Trinajstić information content (AvgIpc) is 3.07. The van der Waals surface area contributed by atoms with Crippen LogP contribution in [-0.2, 0) is 6.42 Å². The summed E-state index contributed by atoms with van der Waals surface area (Å²) in [6, 6.07) is 8.49. The zero-order chi connectivity index (χ0) is 16.2. The van der Waals surface area contributed by atoms with E-state index in [0.717, 1.165) is 31.7 Å². The first-order valence-corrected chi connectivity index (χ1v) is 8.87. The highest BCUT2D eigenvalue weighted by molar-refractivity contribution is 5.67. The van der Waals surface area contributed by atoms with Crippen LogP contribution in [0.2, 0.25) is 0 Å². The third-order valence-corrected chi connectivity index (χ3v) is 4.82. The van der Waals surface area contributed by atoms with Gasteiger partial charge in [-0.1, -0.05) is 29.8 Å². The second-order valence-corrected chi connectivity index (χ2v) is 6.45. The van der Waals surface area contributed by atoms with Crippen LogP contribution in [0.25, 0.3) is 0 Å². The van der Waals surface area contributed by atoms with Crippen LogP contribution < -0.4 is 10.2 Å². The monoisotopic (exact) mass is 321 g/mol. The van der Waals surface area contributed by atoms with Crippen LogP contribution in [0.15, 0.2) is 42.1 Å². The van der Waals surface area contributed by atoms with Crippen molar-refractivity contribution in [1.29, 1.82) is 0 Å². The third kappa shape index (κ3) is 3.25. The lowest BCUT2D eigenvalue weighted by atomic mass is 9.97. The first kappa shape index (κ1) is 15.1. The third-order valence-electron chi connectivity index (χ3n) is 4.82. The Morgan fingerprint density at radius 2 is 2.08 bits per heavy atom. The summed E-state index contributed by atoms with van der Waals surface area (Å²) in [5.74, 6) is 1.49. The second-order valence-electron chi connectivity index (χ2n) is 6.45. The molecule has 5 nitrogen and oxygen atoms in total. The molecule has 2 heterocycles. The molecule has 1 aromatic heterocycles. The molecule has 5 heteroatoms. The Kier molecular flexibility index (Phi) is 4.40. The van der Waals surface area contributed by atoms with Crippen molar-refractivity contribution in [2.75, 3.05) is 23.3 Å².